The minimum atomic E-state index is 0.592. The summed E-state index contributed by atoms with van der Waals surface area (Å²) in [4.78, 5) is 22.0. The minimum absolute atomic E-state index is 0.592. The van der Waals surface area contributed by atoms with Crippen LogP contribution in [-0.2, 0) is 0 Å². The molecule has 0 bridgehead atoms. The fraction of sp³-hybridized carbons (Fsp3) is 0. The van der Waals surface area contributed by atoms with Gasteiger partial charge in [-0.1, -0.05) is 0 Å². The first kappa shape index (κ1) is 5.64. The molecule has 0 radical (unpaired) electrons. The van der Waals surface area contributed by atoms with E-state index in [9.17, 15) is 0 Å². The molecule has 0 amide bonds. The van der Waals surface area contributed by atoms with E-state index in [0.29, 0.717) is 22.6 Å². The molecule has 3 heterocycles. The van der Waals surface area contributed by atoms with Crippen LogP contribution in [0.2, 0.25) is 0 Å². The summed E-state index contributed by atoms with van der Waals surface area (Å²) in [5.41, 5.74) is 2.53. The first-order valence-electron chi connectivity index (χ1n) is 3.44. The highest BCUT2D eigenvalue weighted by atomic mass is 15.1. The Morgan fingerprint density at radius 1 is 0.833 bits per heavy atom. The van der Waals surface area contributed by atoms with Crippen molar-refractivity contribution < 1.29 is 0 Å². The van der Waals surface area contributed by atoms with E-state index in [-0.39, 0.29) is 0 Å². The highest BCUT2D eigenvalue weighted by Crippen LogP contribution is 2.07. The third kappa shape index (κ3) is 0.584. The van der Waals surface area contributed by atoms with Crippen LogP contribution in [-0.4, -0.2) is 29.9 Å². The second-order valence-corrected chi connectivity index (χ2v) is 2.37. The van der Waals surface area contributed by atoms with Crippen molar-refractivity contribution >= 4 is 22.6 Å². The fourth-order valence-corrected chi connectivity index (χ4v) is 1.10. The fourth-order valence-electron chi connectivity index (χ4n) is 1.10. The number of fused-ring (bicyclic) bond motifs is 2. The SMILES string of the molecule is c1nc2nc3nc[nH]c3nc2[nH]1. The van der Waals surface area contributed by atoms with Gasteiger partial charge < -0.3 is 9.97 Å². The summed E-state index contributed by atoms with van der Waals surface area (Å²) in [6, 6.07) is 0. The van der Waals surface area contributed by atoms with Gasteiger partial charge >= 0.3 is 0 Å². The number of rotatable bonds is 0. The highest BCUT2D eigenvalue weighted by molar-refractivity contribution is 5.76. The van der Waals surface area contributed by atoms with Gasteiger partial charge in [0.05, 0.1) is 12.7 Å². The molecule has 0 aliphatic rings. The molecule has 6 nitrogen and oxygen atoms in total. The smallest absolute Gasteiger partial charge is 0.199 e. The van der Waals surface area contributed by atoms with E-state index in [1.54, 1.807) is 12.7 Å². The number of aromatic nitrogens is 6. The van der Waals surface area contributed by atoms with Crippen LogP contribution < -0.4 is 0 Å². The zero-order valence-electron chi connectivity index (χ0n) is 5.94. The van der Waals surface area contributed by atoms with Gasteiger partial charge in [-0.3, -0.25) is 0 Å². The lowest BCUT2D eigenvalue weighted by molar-refractivity contribution is 1.28. The maximum atomic E-state index is 4.20. The Bertz CT molecular complexity index is 444. The quantitative estimate of drug-likeness (QED) is 0.493. The number of H-pyrrole nitrogens is 2. The van der Waals surface area contributed by atoms with Gasteiger partial charge in [0.25, 0.3) is 0 Å². The molecule has 2 N–H and O–H groups in total. The standard InChI is InChI=1S/C6H4N6/c1-7-3-4(8-1)12-6-5(11-3)9-2-10-6/h1-2H,(H2,7,8,9,10,11,12). The average molecular weight is 160 g/mol. The predicted molar refractivity (Wildman–Crippen MR) is 41.3 cm³/mol. The largest absolute Gasteiger partial charge is 0.328 e. The molecule has 3 aromatic rings. The van der Waals surface area contributed by atoms with Crippen LogP contribution in [0, 0.1) is 0 Å². The molecule has 0 atom stereocenters. The van der Waals surface area contributed by atoms with Crippen molar-refractivity contribution in [1.82, 2.24) is 29.9 Å². The van der Waals surface area contributed by atoms with Crippen molar-refractivity contribution in [3.8, 4) is 0 Å². The maximum absolute atomic E-state index is 4.20. The number of imidazole rings is 2. The summed E-state index contributed by atoms with van der Waals surface area (Å²) in [6.45, 7) is 0. The molecule has 0 saturated heterocycles. The molecular formula is C6H4N6. The molecule has 3 aromatic heterocycles. The van der Waals surface area contributed by atoms with Crippen LogP contribution in [0.25, 0.3) is 22.6 Å². The lowest BCUT2D eigenvalue weighted by atomic mass is 10.6. The molecule has 0 aliphatic heterocycles. The summed E-state index contributed by atoms with van der Waals surface area (Å²) < 4.78 is 0. The van der Waals surface area contributed by atoms with Gasteiger partial charge in [-0.05, 0) is 0 Å². The molecule has 0 unspecified atom stereocenters. The molecule has 3 rings (SSSR count). The summed E-state index contributed by atoms with van der Waals surface area (Å²) in [7, 11) is 0. The Balaban J connectivity index is 2.62. The molecule has 6 heteroatoms. The molecule has 58 valence electrons. The first-order chi connectivity index (χ1) is 5.93. The van der Waals surface area contributed by atoms with Crippen LogP contribution in [0.5, 0.6) is 0 Å². The lowest BCUT2D eigenvalue weighted by Gasteiger charge is -1.86. The molecule has 0 aliphatic carbocycles. The minimum Gasteiger partial charge on any atom is -0.328 e. The summed E-state index contributed by atoms with van der Waals surface area (Å²) in [5.74, 6) is 0. The van der Waals surface area contributed by atoms with E-state index in [1.807, 2.05) is 0 Å². The highest BCUT2D eigenvalue weighted by Gasteiger charge is 2.03. The van der Waals surface area contributed by atoms with Crippen LogP contribution in [0.4, 0.5) is 0 Å². The Labute approximate surface area is 66.1 Å². The van der Waals surface area contributed by atoms with Crippen LogP contribution in [0.15, 0.2) is 12.7 Å². The van der Waals surface area contributed by atoms with E-state index in [4.69, 9.17) is 0 Å². The van der Waals surface area contributed by atoms with Crippen molar-refractivity contribution in [1.29, 1.82) is 0 Å². The monoisotopic (exact) mass is 160 g/mol. The van der Waals surface area contributed by atoms with Crippen molar-refractivity contribution in [2.75, 3.05) is 0 Å². The zero-order chi connectivity index (χ0) is 7.97. The molecule has 0 saturated carbocycles. The van der Waals surface area contributed by atoms with Crippen LogP contribution in [0.3, 0.4) is 0 Å². The molecule has 0 spiro atoms. The predicted octanol–water partition coefficient (Wildman–Crippen LogP) is 0.229. The van der Waals surface area contributed by atoms with E-state index >= 15 is 0 Å². The van der Waals surface area contributed by atoms with E-state index in [1.165, 1.54) is 0 Å². The van der Waals surface area contributed by atoms with Gasteiger partial charge in [-0.2, -0.15) is 0 Å². The molecule has 0 fully saturated rings. The summed E-state index contributed by atoms with van der Waals surface area (Å²) >= 11 is 0. The van der Waals surface area contributed by atoms with Crippen molar-refractivity contribution in [3.63, 3.8) is 0 Å². The van der Waals surface area contributed by atoms with Crippen LogP contribution in [0.1, 0.15) is 0 Å². The number of nitrogens with zero attached hydrogens (tertiary/aromatic N) is 4. The average Bonchev–Trinajstić information content (AvgIpc) is 2.64. The zero-order valence-corrected chi connectivity index (χ0v) is 5.94. The van der Waals surface area contributed by atoms with Gasteiger partial charge in [0, 0.05) is 0 Å². The number of hydrogen-bond acceptors (Lipinski definition) is 4. The van der Waals surface area contributed by atoms with Gasteiger partial charge in [0.1, 0.15) is 0 Å². The number of nitrogens with one attached hydrogen (secondary N) is 2. The normalized spacial score (nSPS) is 11.3. The maximum Gasteiger partial charge on any atom is 0.199 e. The molecule has 12 heavy (non-hydrogen) atoms. The van der Waals surface area contributed by atoms with Crippen molar-refractivity contribution in [2.24, 2.45) is 0 Å². The third-order valence-electron chi connectivity index (χ3n) is 1.64. The van der Waals surface area contributed by atoms with E-state index in [0.717, 1.165) is 0 Å². The van der Waals surface area contributed by atoms with Gasteiger partial charge in [-0.25, -0.2) is 19.9 Å². The van der Waals surface area contributed by atoms with Gasteiger partial charge in [0.15, 0.2) is 22.6 Å². The molecule has 0 aromatic carbocycles. The Morgan fingerprint density at radius 2 is 1.42 bits per heavy atom. The molecular weight excluding hydrogens is 156 g/mol. The van der Waals surface area contributed by atoms with Gasteiger partial charge in [0.2, 0.25) is 0 Å². The van der Waals surface area contributed by atoms with Crippen LogP contribution >= 0.6 is 0 Å². The summed E-state index contributed by atoms with van der Waals surface area (Å²) in [5, 5.41) is 0. The van der Waals surface area contributed by atoms with E-state index < -0.39 is 0 Å². The number of hydrogen-bond donors (Lipinski definition) is 2. The summed E-state index contributed by atoms with van der Waals surface area (Å²) in [6.07, 6.45) is 3.12. The first-order valence-corrected chi connectivity index (χ1v) is 3.44. The second-order valence-electron chi connectivity index (χ2n) is 2.37. The van der Waals surface area contributed by atoms with Gasteiger partial charge in [-0.15, -0.1) is 0 Å². The van der Waals surface area contributed by atoms with Crippen molar-refractivity contribution in [2.45, 2.75) is 0 Å². The van der Waals surface area contributed by atoms with E-state index in [2.05, 4.69) is 29.9 Å². The number of aromatic amines is 2. The Hall–Kier alpha value is -1.98. The topological polar surface area (TPSA) is 83.1 Å². The third-order valence-corrected chi connectivity index (χ3v) is 1.64. The van der Waals surface area contributed by atoms with Crippen molar-refractivity contribution in [3.05, 3.63) is 12.7 Å². The lowest BCUT2D eigenvalue weighted by Crippen LogP contribution is -1.84. The Morgan fingerprint density at radius 3 is 2.00 bits per heavy atom. The second kappa shape index (κ2) is 1.79. The Kier molecular flexibility index (Phi) is 0.840.